The summed E-state index contributed by atoms with van der Waals surface area (Å²) in [6, 6.07) is 7.90. The maximum Gasteiger partial charge on any atom is 0.310 e. The van der Waals surface area contributed by atoms with Gasteiger partial charge in [-0.05, 0) is 24.7 Å². The van der Waals surface area contributed by atoms with E-state index in [0.29, 0.717) is 5.58 Å². The zero-order valence-corrected chi connectivity index (χ0v) is 11.7. The van der Waals surface area contributed by atoms with Crippen LogP contribution >= 0.6 is 11.8 Å². The first kappa shape index (κ1) is 12.0. The van der Waals surface area contributed by atoms with Crippen molar-refractivity contribution in [2.45, 2.75) is 18.9 Å². The first-order chi connectivity index (χ1) is 9.84. The average molecular weight is 286 g/mol. The number of benzene rings is 1. The SMILES string of the molecule is O=c1c2oc3ccccc3c2cnn1C1CCCSC1. The van der Waals surface area contributed by atoms with Crippen LogP contribution < -0.4 is 5.56 Å². The van der Waals surface area contributed by atoms with Crippen LogP contribution in [0.3, 0.4) is 0 Å². The van der Waals surface area contributed by atoms with Crippen LogP contribution in [0.2, 0.25) is 0 Å². The second-order valence-electron chi connectivity index (χ2n) is 5.11. The fourth-order valence-corrected chi connectivity index (χ4v) is 3.92. The summed E-state index contributed by atoms with van der Waals surface area (Å²) in [4.78, 5) is 12.6. The zero-order chi connectivity index (χ0) is 13.5. The maximum absolute atomic E-state index is 12.6. The minimum absolute atomic E-state index is 0.105. The third-order valence-electron chi connectivity index (χ3n) is 3.83. The van der Waals surface area contributed by atoms with E-state index in [4.69, 9.17) is 4.42 Å². The van der Waals surface area contributed by atoms with Gasteiger partial charge in [0.05, 0.1) is 17.6 Å². The Kier molecular flexibility index (Phi) is 2.80. The molecule has 1 aliphatic heterocycles. The molecule has 0 bridgehead atoms. The summed E-state index contributed by atoms with van der Waals surface area (Å²) in [5.74, 6) is 2.14. The van der Waals surface area contributed by atoms with Gasteiger partial charge in [-0.2, -0.15) is 16.9 Å². The van der Waals surface area contributed by atoms with Gasteiger partial charge in [0.25, 0.3) is 0 Å². The first-order valence-electron chi connectivity index (χ1n) is 6.81. The molecule has 0 N–H and O–H groups in total. The number of fused-ring (bicyclic) bond motifs is 3. The van der Waals surface area contributed by atoms with E-state index in [0.717, 1.165) is 34.9 Å². The number of thioether (sulfide) groups is 1. The van der Waals surface area contributed by atoms with E-state index in [2.05, 4.69) is 5.10 Å². The highest BCUT2D eigenvalue weighted by Gasteiger charge is 2.20. The normalized spacial score (nSPS) is 19.7. The summed E-state index contributed by atoms with van der Waals surface area (Å²) >= 11 is 1.89. The molecule has 2 aromatic heterocycles. The Labute approximate surface area is 119 Å². The highest BCUT2D eigenvalue weighted by atomic mass is 32.2. The van der Waals surface area contributed by atoms with Gasteiger partial charge in [0.2, 0.25) is 5.58 Å². The summed E-state index contributed by atoms with van der Waals surface area (Å²) in [5.41, 5.74) is 1.07. The van der Waals surface area contributed by atoms with E-state index in [1.165, 1.54) is 5.75 Å². The Balaban J connectivity index is 1.94. The highest BCUT2D eigenvalue weighted by Crippen LogP contribution is 2.28. The van der Waals surface area contributed by atoms with E-state index in [1.807, 2.05) is 36.0 Å². The quantitative estimate of drug-likeness (QED) is 0.689. The average Bonchev–Trinajstić information content (AvgIpc) is 2.88. The van der Waals surface area contributed by atoms with Gasteiger partial charge >= 0.3 is 5.56 Å². The molecule has 5 heteroatoms. The van der Waals surface area contributed by atoms with E-state index < -0.39 is 0 Å². The number of para-hydroxylation sites is 1. The summed E-state index contributed by atoms with van der Waals surface area (Å²) in [6.07, 6.45) is 3.93. The highest BCUT2D eigenvalue weighted by molar-refractivity contribution is 7.99. The van der Waals surface area contributed by atoms with Gasteiger partial charge in [0, 0.05) is 11.1 Å². The van der Waals surface area contributed by atoms with Crippen molar-refractivity contribution in [2.75, 3.05) is 11.5 Å². The molecule has 0 radical (unpaired) electrons. The molecule has 4 rings (SSSR count). The van der Waals surface area contributed by atoms with E-state index in [-0.39, 0.29) is 11.6 Å². The summed E-state index contributed by atoms with van der Waals surface area (Å²) < 4.78 is 7.34. The lowest BCUT2D eigenvalue weighted by Gasteiger charge is -2.21. The van der Waals surface area contributed by atoms with Crippen LogP contribution in [0.15, 0.2) is 39.7 Å². The molecule has 20 heavy (non-hydrogen) atoms. The predicted molar refractivity (Wildman–Crippen MR) is 81.4 cm³/mol. The van der Waals surface area contributed by atoms with Crippen LogP contribution in [0.1, 0.15) is 18.9 Å². The molecule has 3 heterocycles. The van der Waals surface area contributed by atoms with Crippen LogP contribution in [-0.2, 0) is 0 Å². The van der Waals surface area contributed by atoms with Crippen molar-refractivity contribution >= 4 is 33.7 Å². The monoisotopic (exact) mass is 286 g/mol. The lowest BCUT2D eigenvalue weighted by atomic mass is 10.2. The molecule has 1 aromatic carbocycles. The molecular weight excluding hydrogens is 272 g/mol. The minimum Gasteiger partial charge on any atom is -0.450 e. The van der Waals surface area contributed by atoms with Crippen molar-refractivity contribution in [3.05, 3.63) is 40.8 Å². The topological polar surface area (TPSA) is 48.0 Å². The number of rotatable bonds is 1. The molecule has 4 nitrogen and oxygen atoms in total. The van der Waals surface area contributed by atoms with Crippen LogP contribution in [0, 0.1) is 0 Å². The van der Waals surface area contributed by atoms with Gasteiger partial charge in [0.1, 0.15) is 5.58 Å². The molecule has 1 unspecified atom stereocenters. The van der Waals surface area contributed by atoms with Crippen LogP contribution in [0.5, 0.6) is 0 Å². The van der Waals surface area contributed by atoms with Gasteiger partial charge in [-0.25, -0.2) is 4.68 Å². The smallest absolute Gasteiger partial charge is 0.310 e. The van der Waals surface area contributed by atoms with Crippen LogP contribution in [-0.4, -0.2) is 21.3 Å². The summed E-state index contributed by atoms with van der Waals surface area (Å²) in [6.45, 7) is 0. The standard InChI is InChI=1S/C15H14N2O2S/c18-15-14-12(11-5-1-2-6-13(11)19-14)8-16-17(15)10-4-3-7-20-9-10/h1-2,5-6,8,10H,3-4,7,9H2. The lowest BCUT2D eigenvalue weighted by molar-refractivity contribution is 0.433. The van der Waals surface area contributed by atoms with Gasteiger partial charge in [-0.15, -0.1) is 0 Å². The number of aromatic nitrogens is 2. The molecule has 0 spiro atoms. The van der Waals surface area contributed by atoms with Gasteiger partial charge in [-0.1, -0.05) is 18.2 Å². The second kappa shape index (κ2) is 4.66. The van der Waals surface area contributed by atoms with Crippen molar-refractivity contribution in [1.29, 1.82) is 0 Å². The molecule has 1 saturated heterocycles. The fourth-order valence-electron chi connectivity index (χ4n) is 2.81. The largest absolute Gasteiger partial charge is 0.450 e. The van der Waals surface area contributed by atoms with Crippen molar-refractivity contribution in [3.63, 3.8) is 0 Å². The number of hydrogen-bond donors (Lipinski definition) is 0. The Morgan fingerprint density at radius 2 is 2.20 bits per heavy atom. The molecule has 0 amide bonds. The summed E-state index contributed by atoms with van der Waals surface area (Å²) in [7, 11) is 0. The van der Waals surface area contributed by atoms with Gasteiger partial charge in [-0.3, -0.25) is 4.79 Å². The summed E-state index contributed by atoms with van der Waals surface area (Å²) in [5, 5.41) is 6.15. The number of furan rings is 1. The maximum atomic E-state index is 12.6. The molecule has 3 aromatic rings. The van der Waals surface area contributed by atoms with Crippen LogP contribution in [0.25, 0.3) is 21.9 Å². The number of nitrogens with zero attached hydrogens (tertiary/aromatic N) is 2. The Morgan fingerprint density at radius 1 is 1.30 bits per heavy atom. The van der Waals surface area contributed by atoms with Crippen molar-refractivity contribution in [1.82, 2.24) is 9.78 Å². The van der Waals surface area contributed by atoms with Gasteiger partial charge in [0.15, 0.2) is 0 Å². The second-order valence-corrected chi connectivity index (χ2v) is 6.26. The lowest BCUT2D eigenvalue weighted by Crippen LogP contribution is -2.29. The minimum atomic E-state index is -0.105. The molecule has 0 aliphatic carbocycles. The third-order valence-corrected chi connectivity index (χ3v) is 5.03. The predicted octanol–water partition coefficient (Wildman–Crippen LogP) is 3.21. The molecule has 1 fully saturated rings. The zero-order valence-electron chi connectivity index (χ0n) is 10.9. The molecular formula is C15H14N2O2S. The van der Waals surface area contributed by atoms with E-state index >= 15 is 0 Å². The molecule has 102 valence electrons. The van der Waals surface area contributed by atoms with Crippen molar-refractivity contribution in [3.8, 4) is 0 Å². The van der Waals surface area contributed by atoms with Crippen LogP contribution in [0.4, 0.5) is 0 Å². The molecule has 1 atom stereocenters. The molecule has 1 aliphatic rings. The van der Waals surface area contributed by atoms with Crippen molar-refractivity contribution in [2.24, 2.45) is 0 Å². The van der Waals surface area contributed by atoms with E-state index in [9.17, 15) is 4.79 Å². The Bertz CT molecular complexity index is 831. The Morgan fingerprint density at radius 3 is 3.05 bits per heavy atom. The molecule has 0 saturated carbocycles. The first-order valence-corrected chi connectivity index (χ1v) is 7.97. The van der Waals surface area contributed by atoms with E-state index in [1.54, 1.807) is 10.9 Å². The Hall–Kier alpha value is -1.75. The third kappa shape index (κ3) is 1.77. The van der Waals surface area contributed by atoms with Gasteiger partial charge < -0.3 is 4.42 Å². The number of hydrogen-bond acceptors (Lipinski definition) is 4. The fraction of sp³-hybridized carbons (Fsp3) is 0.333. The van der Waals surface area contributed by atoms with Crippen molar-refractivity contribution < 1.29 is 4.42 Å².